The molecule has 3 aromatic rings. The van der Waals surface area contributed by atoms with Crippen LogP contribution >= 0.6 is 23.2 Å². The molecule has 3 rings (SSSR count). The maximum absolute atomic E-state index is 12.6. The van der Waals surface area contributed by atoms with Crippen molar-refractivity contribution in [2.24, 2.45) is 5.14 Å². The molecule has 0 aliphatic carbocycles. The summed E-state index contributed by atoms with van der Waals surface area (Å²) in [5.74, 6) is 0.0543. The SMILES string of the molecule is Cc1c(Cc2ccc(Cl)c(S(N)(=O)=O)c2)c(=O)oc2cc(OC(=O)N(C)C)c(Cl)cc12. The van der Waals surface area contributed by atoms with Gasteiger partial charge in [-0.2, -0.15) is 0 Å². The second-order valence-electron chi connectivity index (χ2n) is 7.02. The second-order valence-corrected chi connectivity index (χ2v) is 9.37. The summed E-state index contributed by atoms with van der Waals surface area (Å²) >= 11 is 12.2. The largest absolute Gasteiger partial charge is 0.422 e. The lowest BCUT2D eigenvalue weighted by molar-refractivity contribution is 0.172. The number of aryl methyl sites for hydroxylation is 1. The standard InChI is InChI=1S/C20H18Cl2N2O6S/c1-10-12-8-15(22)17(30-20(26)24(2)3)9-16(12)29-19(25)13(10)6-11-4-5-14(21)18(7-11)31(23,27)28/h4-5,7-9H,6H2,1-3H3,(H2,23,27,28). The number of ether oxygens (including phenoxy) is 1. The molecule has 164 valence electrons. The molecule has 2 aromatic carbocycles. The molecule has 8 nitrogen and oxygen atoms in total. The Kier molecular flexibility index (Phi) is 6.33. The van der Waals surface area contributed by atoms with Crippen molar-refractivity contribution >= 4 is 50.3 Å². The maximum Gasteiger partial charge on any atom is 0.414 e. The molecule has 0 atom stereocenters. The van der Waals surface area contributed by atoms with Crippen LogP contribution in [0.2, 0.25) is 10.0 Å². The fourth-order valence-corrected chi connectivity index (χ4v) is 4.24. The highest BCUT2D eigenvalue weighted by atomic mass is 35.5. The van der Waals surface area contributed by atoms with Gasteiger partial charge in [-0.1, -0.05) is 29.3 Å². The average molecular weight is 485 g/mol. The zero-order valence-electron chi connectivity index (χ0n) is 16.7. The van der Waals surface area contributed by atoms with Crippen LogP contribution in [0.25, 0.3) is 11.0 Å². The van der Waals surface area contributed by atoms with E-state index in [4.69, 9.17) is 37.5 Å². The Morgan fingerprint density at radius 3 is 2.45 bits per heavy atom. The van der Waals surface area contributed by atoms with Gasteiger partial charge in [-0.05, 0) is 36.2 Å². The quantitative estimate of drug-likeness (QED) is 0.563. The van der Waals surface area contributed by atoms with Gasteiger partial charge in [-0.25, -0.2) is 23.1 Å². The minimum Gasteiger partial charge on any atom is -0.422 e. The van der Waals surface area contributed by atoms with Crippen molar-refractivity contribution in [2.45, 2.75) is 18.2 Å². The van der Waals surface area contributed by atoms with E-state index in [-0.39, 0.29) is 32.7 Å². The molecule has 11 heteroatoms. The summed E-state index contributed by atoms with van der Waals surface area (Å²) in [7, 11) is -0.986. The van der Waals surface area contributed by atoms with E-state index in [0.717, 1.165) is 0 Å². The van der Waals surface area contributed by atoms with E-state index in [1.54, 1.807) is 13.0 Å². The van der Waals surface area contributed by atoms with Crippen molar-refractivity contribution in [3.63, 3.8) is 0 Å². The second kappa shape index (κ2) is 8.51. The number of fused-ring (bicyclic) bond motifs is 1. The molecule has 0 saturated carbocycles. The molecule has 0 radical (unpaired) electrons. The van der Waals surface area contributed by atoms with Crippen LogP contribution in [0.3, 0.4) is 0 Å². The highest BCUT2D eigenvalue weighted by molar-refractivity contribution is 7.89. The first kappa shape index (κ1) is 23.1. The van der Waals surface area contributed by atoms with Gasteiger partial charge in [-0.15, -0.1) is 0 Å². The number of halogens is 2. The molecule has 0 aliphatic heterocycles. The molecule has 31 heavy (non-hydrogen) atoms. The molecule has 0 bridgehead atoms. The van der Waals surface area contributed by atoms with Gasteiger partial charge in [0.2, 0.25) is 10.0 Å². The molecule has 1 amide bonds. The van der Waals surface area contributed by atoms with E-state index in [9.17, 15) is 18.0 Å². The van der Waals surface area contributed by atoms with Crippen LogP contribution in [0, 0.1) is 6.92 Å². The van der Waals surface area contributed by atoms with Crippen molar-refractivity contribution in [2.75, 3.05) is 14.1 Å². The Morgan fingerprint density at radius 1 is 1.16 bits per heavy atom. The Balaban J connectivity index is 2.07. The lowest BCUT2D eigenvalue weighted by Gasteiger charge is -2.13. The number of hydrogen-bond acceptors (Lipinski definition) is 6. The number of rotatable bonds is 4. The fraction of sp³-hybridized carbons (Fsp3) is 0.200. The Labute approximate surface area is 188 Å². The van der Waals surface area contributed by atoms with Crippen molar-refractivity contribution in [3.8, 4) is 5.75 Å². The van der Waals surface area contributed by atoms with Crippen molar-refractivity contribution < 1.29 is 22.4 Å². The number of sulfonamides is 1. The molecule has 0 saturated heterocycles. The van der Waals surface area contributed by atoms with E-state index in [1.807, 2.05) is 0 Å². The molecule has 1 heterocycles. The van der Waals surface area contributed by atoms with Crippen molar-refractivity contribution in [3.05, 3.63) is 67.5 Å². The van der Waals surface area contributed by atoms with Crippen molar-refractivity contribution in [1.82, 2.24) is 4.90 Å². The first-order chi connectivity index (χ1) is 14.4. The summed E-state index contributed by atoms with van der Waals surface area (Å²) < 4.78 is 34.0. The first-order valence-electron chi connectivity index (χ1n) is 8.84. The topological polar surface area (TPSA) is 120 Å². The van der Waals surface area contributed by atoms with Gasteiger partial charge in [0.05, 0.1) is 10.0 Å². The van der Waals surface area contributed by atoms with Crippen LogP contribution in [-0.4, -0.2) is 33.5 Å². The molecule has 0 aliphatic rings. The molecular formula is C20H18Cl2N2O6S. The molecule has 0 spiro atoms. The van der Waals surface area contributed by atoms with Gasteiger partial charge in [0.1, 0.15) is 10.5 Å². The van der Waals surface area contributed by atoms with Crippen LogP contribution in [-0.2, 0) is 16.4 Å². The number of hydrogen-bond donors (Lipinski definition) is 1. The number of amides is 1. The minimum absolute atomic E-state index is 0.0138. The summed E-state index contributed by atoms with van der Waals surface area (Å²) in [5.41, 5.74) is 0.976. The number of nitrogens with two attached hydrogens (primary N) is 1. The molecule has 2 N–H and O–H groups in total. The third-order valence-electron chi connectivity index (χ3n) is 4.59. The summed E-state index contributed by atoms with van der Waals surface area (Å²) in [5, 5.41) is 5.89. The minimum atomic E-state index is -4.03. The van der Waals surface area contributed by atoms with E-state index in [1.165, 1.54) is 43.3 Å². The van der Waals surface area contributed by atoms with E-state index in [0.29, 0.717) is 22.1 Å². The van der Waals surface area contributed by atoms with Crippen LogP contribution in [0.5, 0.6) is 5.75 Å². The number of carbonyl (C=O) groups excluding carboxylic acids is 1. The highest BCUT2D eigenvalue weighted by Crippen LogP contribution is 2.33. The van der Waals surface area contributed by atoms with Gasteiger partial charge >= 0.3 is 11.7 Å². The molecule has 0 unspecified atom stereocenters. The molecular weight excluding hydrogens is 467 g/mol. The monoisotopic (exact) mass is 484 g/mol. The van der Waals surface area contributed by atoms with Gasteiger partial charge in [0.15, 0.2) is 5.75 Å². The summed E-state index contributed by atoms with van der Waals surface area (Å²) in [4.78, 5) is 25.5. The van der Waals surface area contributed by atoms with Crippen LogP contribution < -0.4 is 15.5 Å². The zero-order valence-corrected chi connectivity index (χ0v) is 19.1. The lowest BCUT2D eigenvalue weighted by Crippen LogP contribution is -2.25. The van der Waals surface area contributed by atoms with Gasteiger partial charge in [-0.3, -0.25) is 0 Å². The summed E-state index contributed by atoms with van der Waals surface area (Å²) in [6, 6.07) is 7.22. The predicted molar refractivity (Wildman–Crippen MR) is 118 cm³/mol. The Hall–Kier alpha value is -2.59. The smallest absolute Gasteiger partial charge is 0.414 e. The van der Waals surface area contributed by atoms with Crippen LogP contribution in [0.4, 0.5) is 4.79 Å². The Bertz CT molecular complexity index is 1370. The highest BCUT2D eigenvalue weighted by Gasteiger charge is 2.19. The number of primary sulfonamides is 1. The first-order valence-corrected chi connectivity index (χ1v) is 11.1. The van der Waals surface area contributed by atoms with E-state index in [2.05, 4.69) is 0 Å². The average Bonchev–Trinajstić information content (AvgIpc) is 2.66. The lowest BCUT2D eigenvalue weighted by atomic mass is 9.99. The van der Waals surface area contributed by atoms with Crippen LogP contribution in [0.1, 0.15) is 16.7 Å². The van der Waals surface area contributed by atoms with E-state index >= 15 is 0 Å². The summed E-state index contributed by atoms with van der Waals surface area (Å²) in [6.45, 7) is 1.72. The predicted octanol–water partition coefficient (Wildman–Crippen LogP) is 3.71. The summed E-state index contributed by atoms with van der Waals surface area (Å²) in [6.07, 6.45) is -0.552. The third kappa shape index (κ3) is 4.85. The molecule has 0 fully saturated rings. The molecule has 1 aromatic heterocycles. The van der Waals surface area contributed by atoms with Gasteiger partial charge in [0.25, 0.3) is 0 Å². The van der Waals surface area contributed by atoms with E-state index < -0.39 is 21.7 Å². The third-order valence-corrected chi connectivity index (χ3v) is 6.27. The number of benzene rings is 2. The van der Waals surface area contributed by atoms with Gasteiger partial charge in [0, 0.05) is 37.5 Å². The van der Waals surface area contributed by atoms with Crippen molar-refractivity contribution in [1.29, 1.82) is 0 Å². The maximum atomic E-state index is 12.6. The van der Waals surface area contributed by atoms with Crippen LogP contribution in [0.15, 0.2) is 44.4 Å². The normalized spacial score (nSPS) is 11.5. The fourth-order valence-electron chi connectivity index (χ4n) is 2.94. The zero-order chi connectivity index (χ0) is 23.1. The number of nitrogens with zero attached hydrogens (tertiary/aromatic N) is 1. The number of carbonyl (C=O) groups is 1. The Morgan fingerprint density at radius 2 is 1.84 bits per heavy atom. The van der Waals surface area contributed by atoms with Gasteiger partial charge < -0.3 is 14.1 Å².